The van der Waals surface area contributed by atoms with Crippen molar-refractivity contribution in [3.63, 3.8) is 0 Å². The topological polar surface area (TPSA) is 64.4 Å². The molecule has 0 aliphatic rings. The van der Waals surface area contributed by atoms with Crippen molar-refractivity contribution in [1.82, 2.24) is 5.16 Å². The van der Waals surface area contributed by atoms with Crippen LogP contribution in [-0.4, -0.2) is 17.2 Å². The minimum atomic E-state index is -0.622. The lowest BCUT2D eigenvalue weighted by atomic mass is 10.3. The Balaban J connectivity index is 1.93. The minimum Gasteiger partial charge on any atom is -0.481 e. The summed E-state index contributed by atoms with van der Waals surface area (Å²) in [6, 6.07) is 8.81. The summed E-state index contributed by atoms with van der Waals surface area (Å²) in [5.41, 5.74) is 0. The van der Waals surface area contributed by atoms with E-state index >= 15 is 0 Å². The van der Waals surface area contributed by atoms with Gasteiger partial charge in [-0.2, -0.15) is 0 Å². The van der Waals surface area contributed by atoms with Gasteiger partial charge >= 0.3 is 0 Å². The molecular formula is C12H11BrN2O3. The van der Waals surface area contributed by atoms with Gasteiger partial charge in [-0.25, -0.2) is 0 Å². The Kier molecular flexibility index (Phi) is 3.99. The Bertz CT molecular complexity index is 511. The fraction of sp³-hybridized carbons (Fsp3) is 0.167. The van der Waals surface area contributed by atoms with Crippen LogP contribution in [0.15, 0.2) is 45.6 Å². The fourth-order valence-corrected chi connectivity index (χ4v) is 1.54. The molecule has 0 unspecified atom stereocenters. The van der Waals surface area contributed by atoms with Crippen LogP contribution < -0.4 is 10.1 Å². The van der Waals surface area contributed by atoms with Gasteiger partial charge in [-0.15, -0.1) is 0 Å². The van der Waals surface area contributed by atoms with Crippen LogP contribution in [0, 0.1) is 0 Å². The summed E-state index contributed by atoms with van der Waals surface area (Å²) in [5.74, 6) is 0.707. The molecule has 5 nitrogen and oxygen atoms in total. The van der Waals surface area contributed by atoms with Crippen molar-refractivity contribution in [2.45, 2.75) is 13.0 Å². The number of carbonyl (C=O) groups excluding carboxylic acids is 1. The zero-order valence-corrected chi connectivity index (χ0v) is 11.2. The number of ether oxygens (including phenoxy) is 1. The highest BCUT2D eigenvalue weighted by atomic mass is 79.9. The molecule has 1 aromatic heterocycles. The van der Waals surface area contributed by atoms with Crippen LogP contribution in [0.1, 0.15) is 6.92 Å². The summed E-state index contributed by atoms with van der Waals surface area (Å²) in [5, 5.41) is 6.16. The molecule has 0 aliphatic heterocycles. The number of benzene rings is 1. The molecule has 2 aromatic rings. The van der Waals surface area contributed by atoms with Crippen LogP contribution in [0.5, 0.6) is 5.75 Å². The van der Waals surface area contributed by atoms with Crippen LogP contribution in [0.3, 0.4) is 0 Å². The first kappa shape index (κ1) is 12.6. The van der Waals surface area contributed by atoms with Gasteiger partial charge in [0.25, 0.3) is 5.91 Å². The van der Waals surface area contributed by atoms with Crippen LogP contribution in [-0.2, 0) is 4.79 Å². The largest absolute Gasteiger partial charge is 0.481 e. The van der Waals surface area contributed by atoms with E-state index in [0.717, 1.165) is 4.47 Å². The Hall–Kier alpha value is -1.82. The number of nitrogens with zero attached hydrogens (tertiary/aromatic N) is 1. The van der Waals surface area contributed by atoms with Crippen molar-refractivity contribution in [2.75, 3.05) is 5.32 Å². The van der Waals surface area contributed by atoms with Crippen molar-refractivity contribution in [3.8, 4) is 5.75 Å². The molecule has 0 saturated carbocycles. The van der Waals surface area contributed by atoms with Gasteiger partial charge in [0.1, 0.15) is 12.0 Å². The monoisotopic (exact) mass is 310 g/mol. The van der Waals surface area contributed by atoms with Crippen molar-refractivity contribution >= 4 is 27.7 Å². The molecule has 0 bridgehead atoms. The van der Waals surface area contributed by atoms with E-state index < -0.39 is 6.10 Å². The first-order valence-corrected chi connectivity index (χ1v) is 6.08. The second-order valence-electron chi connectivity index (χ2n) is 3.59. The number of nitrogens with one attached hydrogen (secondary N) is 1. The average molecular weight is 311 g/mol. The molecule has 94 valence electrons. The molecule has 6 heteroatoms. The molecule has 1 aromatic carbocycles. The maximum absolute atomic E-state index is 11.8. The number of rotatable bonds is 4. The molecule has 18 heavy (non-hydrogen) atoms. The van der Waals surface area contributed by atoms with E-state index in [1.165, 1.54) is 6.26 Å². The Morgan fingerprint density at radius 3 is 2.72 bits per heavy atom. The van der Waals surface area contributed by atoms with E-state index in [0.29, 0.717) is 11.6 Å². The quantitative estimate of drug-likeness (QED) is 0.943. The average Bonchev–Trinajstić information content (AvgIpc) is 2.85. The molecule has 2 rings (SSSR count). The molecule has 1 amide bonds. The third kappa shape index (κ3) is 3.33. The maximum Gasteiger partial charge on any atom is 0.266 e. The summed E-state index contributed by atoms with van der Waals surface area (Å²) >= 11 is 3.33. The molecule has 0 saturated heterocycles. The SMILES string of the molecule is C[C@@H](Oc1ccc(Br)cc1)C(=O)Nc1ccon1. The number of anilines is 1. The Morgan fingerprint density at radius 1 is 1.39 bits per heavy atom. The van der Waals surface area contributed by atoms with Gasteiger partial charge in [0.2, 0.25) is 0 Å². The Labute approximate surface area is 112 Å². The van der Waals surface area contributed by atoms with Gasteiger partial charge in [-0.3, -0.25) is 4.79 Å². The third-order valence-electron chi connectivity index (χ3n) is 2.18. The van der Waals surface area contributed by atoms with Gasteiger partial charge in [0.15, 0.2) is 11.9 Å². The van der Waals surface area contributed by atoms with Crippen molar-refractivity contribution in [1.29, 1.82) is 0 Å². The van der Waals surface area contributed by atoms with Crippen molar-refractivity contribution in [2.24, 2.45) is 0 Å². The Morgan fingerprint density at radius 2 is 2.11 bits per heavy atom. The predicted molar refractivity (Wildman–Crippen MR) is 69.4 cm³/mol. The molecule has 1 atom stereocenters. The lowest BCUT2D eigenvalue weighted by molar-refractivity contribution is -0.122. The van der Waals surface area contributed by atoms with Crippen LogP contribution >= 0.6 is 15.9 Å². The van der Waals surface area contributed by atoms with E-state index in [2.05, 4.69) is 30.9 Å². The second-order valence-corrected chi connectivity index (χ2v) is 4.50. The maximum atomic E-state index is 11.8. The van der Waals surface area contributed by atoms with Gasteiger partial charge in [-0.1, -0.05) is 21.1 Å². The van der Waals surface area contributed by atoms with Crippen LogP contribution in [0.25, 0.3) is 0 Å². The number of hydrogen-bond acceptors (Lipinski definition) is 4. The highest BCUT2D eigenvalue weighted by Gasteiger charge is 2.15. The second kappa shape index (κ2) is 5.68. The highest BCUT2D eigenvalue weighted by Crippen LogP contribution is 2.17. The van der Waals surface area contributed by atoms with E-state index in [9.17, 15) is 4.79 Å². The smallest absolute Gasteiger partial charge is 0.266 e. The number of carbonyl (C=O) groups is 1. The number of hydrogen-bond donors (Lipinski definition) is 1. The van der Waals surface area contributed by atoms with E-state index in [1.54, 1.807) is 25.1 Å². The highest BCUT2D eigenvalue weighted by molar-refractivity contribution is 9.10. The van der Waals surface area contributed by atoms with Crippen LogP contribution in [0.4, 0.5) is 5.82 Å². The van der Waals surface area contributed by atoms with E-state index in [1.807, 2.05) is 12.1 Å². The van der Waals surface area contributed by atoms with Gasteiger partial charge < -0.3 is 14.6 Å². The zero-order valence-electron chi connectivity index (χ0n) is 9.59. The zero-order chi connectivity index (χ0) is 13.0. The van der Waals surface area contributed by atoms with E-state index in [-0.39, 0.29) is 5.91 Å². The molecule has 1 heterocycles. The first-order chi connectivity index (χ1) is 8.65. The standard InChI is InChI=1S/C12H11BrN2O3/c1-8(12(16)14-11-6-7-17-15-11)18-10-4-2-9(13)3-5-10/h2-8H,1H3,(H,14,15,16)/t8-/m1/s1. The van der Waals surface area contributed by atoms with Gasteiger partial charge in [0, 0.05) is 10.5 Å². The van der Waals surface area contributed by atoms with Gasteiger partial charge in [-0.05, 0) is 31.2 Å². The summed E-state index contributed by atoms with van der Waals surface area (Å²) in [7, 11) is 0. The molecule has 0 aliphatic carbocycles. The van der Waals surface area contributed by atoms with Crippen molar-refractivity contribution in [3.05, 3.63) is 41.1 Å². The summed E-state index contributed by atoms with van der Waals surface area (Å²) in [6.07, 6.45) is 0.762. The lowest BCUT2D eigenvalue weighted by Crippen LogP contribution is -2.30. The summed E-state index contributed by atoms with van der Waals surface area (Å²) in [4.78, 5) is 11.8. The fourth-order valence-electron chi connectivity index (χ4n) is 1.28. The molecular weight excluding hydrogens is 300 g/mol. The van der Waals surface area contributed by atoms with Crippen molar-refractivity contribution < 1.29 is 14.1 Å². The molecule has 1 N–H and O–H groups in total. The third-order valence-corrected chi connectivity index (χ3v) is 2.71. The number of amides is 1. The lowest BCUT2D eigenvalue weighted by Gasteiger charge is -2.13. The molecule has 0 spiro atoms. The summed E-state index contributed by atoms with van der Waals surface area (Å²) < 4.78 is 11.1. The predicted octanol–water partition coefficient (Wildman–Crippen LogP) is 2.84. The first-order valence-electron chi connectivity index (χ1n) is 5.28. The van der Waals surface area contributed by atoms with Gasteiger partial charge in [0.05, 0.1) is 0 Å². The normalized spacial score (nSPS) is 11.9. The van der Waals surface area contributed by atoms with E-state index in [4.69, 9.17) is 4.74 Å². The molecule has 0 fully saturated rings. The summed E-state index contributed by atoms with van der Waals surface area (Å²) in [6.45, 7) is 1.66. The molecule has 0 radical (unpaired) electrons. The van der Waals surface area contributed by atoms with Crippen LogP contribution in [0.2, 0.25) is 0 Å². The number of aromatic nitrogens is 1. The number of halogens is 1. The minimum absolute atomic E-state index is 0.285.